The minimum atomic E-state index is -0.973. The first-order valence-corrected chi connectivity index (χ1v) is 15.8. The smallest absolute Gasteiger partial charge is 0.352 e. The van der Waals surface area contributed by atoms with Crippen LogP contribution in [0.2, 0.25) is 0 Å². The Labute approximate surface area is 268 Å². The topological polar surface area (TPSA) is 170 Å². The normalized spacial score (nSPS) is 16.8. The maximum atomic E-state index is 13.2. The lowest BCUT2D eigenvalue weighted by Crippen LogP contribution is -2.50. The SMILES string of the molecule is CC(C)C[C@@H](C#N)NC(=O)[C@@H]1CCCC[C@@H]1NC(=O)c1cc2ccccc2n1CCO.O=C(O)c1cc2ccccc2n1CCO. The number of carbonyl (C=O) groups excluding carboxylic acids is 2. The highest BCUT2D eigenvalue weighted by molar-refractivity contribution is 5.99. The third-order valence-corrected chi connectivity index (χ3v) is 8.32. The van der Waals surface area contributed by atoms with E-state index in [4.69, 9.17) is 10.2 Å². The first-order chi connectivity index (χ1) is 22.2. The summed E-state index contributed by atoms with van der Waals surface area (Å²) < 4.78 is 3.43. The zero-order chi connectivity index (χ0) is 33.2. The van der Waals surface area contributed by atoms with Gasteiger partial charge in [0, 0.05) is 40.9 Å². The predicted molar refractivity (Wildman–Crippen MR) is 175 cm³/mol. The number of aliphatic hydroxyl groups is 2. The molecule has 0 unspecified atom stereocenters. The summed E-state index contributed by atoms with van der Waals surface area (Å²) in [5, 5.41) is 44.5. The van der Waals surface area contributed by atoms with Crippen molar-refractivity contribution < 1.29 is 29.7 Å². The molecule has 3 atom stereocenters. The Morgan fingerprint density at radius 2 is 1.43 bits per heavy atom. The van der Waals surface area contributed by atoms with Gasteiger partial charge in [-0.25, -0.2) is 4.79 Å². The summed E-state index contributed by atoms with van der Waals surface area (Å²) in [6.07, 6.45) is 3.90. The average molecular weight is 630 g/mol. The number of rotatable bonds is 11. The highest BCUT2D eigenvalue weighted by Crippen LogP contribution is 2.27. The van der Waals surface area contributed by atoms with E-state index in [1.807, 2.05) is 73.0 Å². The van der Waals surface area contributed by atoms with Gasteiger partial charge in [-0.3, -0.25) is 9.59 Å². The molecular weight excluding hydrogens is 586 g/mol. The summed E-state index contributed by atoms with van der Waals surface area (Å²) in [6.45, 7) is 4.52. The summed E-state index contributed by atoms with van der Waals surface area (Å²) in [4.78, 5) is 37.1. The molecular formula is C35H43N5O6. The van der Waals surface area contributed by atoms with E-state index >= 15 is 0 Å². The number of hydrogen-bond donors (Lipinski definition) is 5. The number of nitriles is 1. The first-order valence-electron chi connectivity index (χ1n) is 15.8. The first kappa shape index (κ1) is 34.2. The van der Waals surface area contributed by atoms with Gasteiger partial charge in [0.15, 0.2) is 0 Å². The van der Waals surface area contributed by atoms with Crippen molar-refractivity contribution >= 4 is 39.6 Å². The van der Waals surface area contributed by atoms with Crippen LogP contribution < -0.4 is 10.6 Å². The lowest BCUT2D eigenvalue weighted by molar-refractivity contribution is -0.127. The largest absolute Gasteiger partial charge is 0.477 e. The van der Waals surface area contributed by atoms with Crippen molar-refractivity contribution in [1.82, 2.24) is 19.8 Å². The Balaban J connectivity index is 0.000000266. The molecule has 2 heterocycles. The predicted octanol–water partition coefficient (Wildman–Crippen LogP) is 4.31. The second kappa shape index (κ2) is 16.1. The van der Waals surface area contributed by atoms with Gasteiger partial charge in [0.1, 0.15) is 17.4 Å². The number of carboxylic acid groups (broad SMARTS) is 1. The van der Waals surface area contributed by atoms with Gasteiger partial charge in [-0.15, -0.1) is 0 Å². The van der Waals surface area contributed by atoms with Crippen LogP contribution in [-0.2, 0) is 17.9 Å². The van der Waals surface area contributed by atoms with Gasteiger partial charge in [-0.05, 0) is 49.4 Å². The lowest BCUT2D eigenvalue weighted by Gasteiger charge is -2.32. The highest BCUT2D eigenvalue weighted by atomic mass is 16.4. The Kier molecular flexibility index (Phi) is 11.9. The molecule has 0 radical (unpaired) electrons. The quantitative estimate of drug-likeness (QED) is 0.165. The van der Waals surface area contributed by atoms with Gasteiger partial charge in [0.2, 0.25) is 5.91 Å². The van der Waals surface area contributed by atoms with Gasteiger partial charge in [-0.1, -0.05) is 63.1 Å². The molecule has 2 aromatic carbocycles. The molecule has 1 aliphatic rings. The minimum Gasteiger partial charge on any atom is -0.477 e. The van der Waals surface area contributed by atoms with Gasteiger partial charge >= 0.3 is 5.97 Å². The van der Waals surface area contributed by atoms with Crippen LogP contribution in [0.5, 0.6) is 0 Å². The number of amides is 2. The Morgan fingerprint density at radius 1 is 0.891 bits per heavy atom. The fourth-order valence-electron chi connectivity index (χ4n) is 6.22. The van der Waals surface area contributed by atoms with Gasteiger partial charge in [0.05, 0.1) is 25.2 Å². The summed E-state index contributed by atoms with van der Waals surface area (Å²) in [5.41, 5.74) is 2.43. The van der Waals surface area contributed by atoms with E-state index in [-0.39, 0.29) is 42.7 Å². The van der Waals surface area contributed by atoms with Crippen molar-refractivity contribution in [2.24, 2.45) is 11.8 Å². The number of nitrogens with one attached hydrogen (secondary N) is 2. The van der Waals surface area contributed by atoms with Crippen LogP contribution in [0.15, 0.2) is 60.7 Å². The Bertz CT molecular complexity index is 1700. The molecule has 1 fully saturated rings. The fraction of sp³-hybridized carbons (Fsp3) is 0.429. The number of carbonyl (C=O) groups is 3. The molecule has 5 N–H and O–H groups in total. The van der Waals surface area contributed by atoms with Crippen molar-refractivity contribution in [1.29, 1.82) is 5.26 Å². The third kappa shape index (κ3) is 8.13. The standard InChI is InChI=1S/C24H32N4O3.C11H11NO3/c1-16(2)13-18(15-25)26-23(30)19-8-4-5-9-20(19)27-24(31)22-14-17-7-3-6-10-21(17)28(22)11-12-29;13-6-5-12-9-4-2-1-3-8(9)7-10(12)11(14)15/h3,6-7,10,14,16,18-20,29H,4-5,8-9,11-13H2,1-2H3,(H,26,30)(H,27,31);1-4,7,13H,5-6H2,(H,14,15)/t18-,19+,20-;/m0./s1. The van der Waals surface area contributed by atoms with E-state index in [0.717, 1.165) is 41.1 Å². The minimum absolute atomic E-state index is 0.0705. The van der Waals surface area contributed by atoms with Crippen LogP contribution in [0.3, 0.4) is 0 Å². The molecule has 1 aliphatic carbocycles. The number of carboxylic acids is 1. The molecule has 244 valence electrons. The van der Waals surface area contributed by atoms with Crippen molar-refractivity contribution in [2.45, 2.75) is 71.1 Å². The monoisotopic (exact) mass is 629 g/mol. The zero-order valence-electron chi connectivity index (χ0n) is 26.4. The van der Waals surface area contributed by atoms with E-state index in [9.17, 15) is 24.8 Å². The van der Waals surface area contributed by atoms with E-state index in [2.05, 4.69) is 16.7 Å². The number of aliphatic hydroxyl groups excluding tert-OH is 2. The molecule has 0 bridgehead atoms. The van der Waals surface area contributed by atoms with Crippen molar-refractivity contribution in [3.05, 3.63) is 72.1 Å². The van der Waals surface area contributed by atoms with Gasteiger partial charge in [-0.2, -0.15) is 5.26 Å². The molecule has 0 spiro atoms. The van der Waals surface area contributed by atoms with Crippen LogP contribution in [0, 0.1) is 23.2 Å². The van der Waals surface area contributed by atoms with E-state index < -0.39 is 12.0 Å². The van der Waals surface area contributed by atoms with Crippen molar-refractivity contribution in [3.63, 3.8) is 0 Å². The summed E-state index contributed by atoms with van der Waals surface area (Å²) >= 11 is 0. The molecule has 4 aromatic rings. The fourth-order valence-corrected chi connectivity index (χ4v) is 6.22. The van der Waals surface area contributed by atoms with E-state index in [1.54, 1.807) is 10.6 Å². The lowest BCUT2D eigenvalue weighted by atomic mass is 9.83. The second-order valence-corrected chi connectivity index (χ2v) is 12.0. The Hall–Kier alpha value is -4.66. The van der Waals surface area contributed by atoms with Crippen molar-refractivity contribution in [2.75, 3.05) is 13.2 Å². The number of aromatic carboxylic acids is 1. The van der Waals surface area contributed by atoms with Crippen LogP contribution in [0.25, 0.3) is 21.8 Å². The van der Waals surface area contributed by atoms with Gasteiger partial charge in [0.25, 0.3) is 5.91 Å². The Morgan fingerprint density at radius 3 is 1.98 bits per heavy atom. The second-order valence-electron chi connectivity index (χ2n) is 12.0. The molecule has 11 nitrogen and oxygen atoms in total. The molecule has 0 saturated heterocycles. The van der Waals surface area contributed by atoms with Crippen LogP contribution in [0.4, 0.5) is 0 Å². The maximum absolute atomic E-state index is 13.2. The molecule has 5 rings (SSSR count). The third-order valence-electron chi connectivity index (χ3n) is 8.32. The maximum Gasteiger partial charge on any atom is 0.352 e. The molecule has 2 amide bonds. The zero-order valence-corrected chi connectivity index (χ0v) is 26.4. The number of hydrogen-bond acceptors (Lipinski definition) is 6. The summed E-state index contributed by atoms with van der Waals surface area (Å²) in [7, 11) is 0. The summed E-state index contributed by atoms with van der Waals surface area (Å²) in [6, 6.07) is 19.9. The number of para-hydroxylation sites is 2. The number of nitrogens with zero attached hydrogens (tertiary/aromatic N) is 3. The molecule has 0 aliphatic heterocycles. The molecule has 11 heteroatoms. The molecule has 2 aromatic heterocycles. The number of aromatic nitrogens is 2. The van der Waals surface area contributed by atoms with E-state index in [0.29, 0.717) is 37.5 Å². The molecule has 46 heavy (non-hydrogen) atoms. The van der Waals surface area contributed by atoms with Crippen LogP contribution in [-0.4, -0.2) is 67.5 Å². The van der Waals surface area contributed by atoms with Crippen LogP contribution >= 0.6 is 0 Å². The summed E-state index contributed by atoms with van der Waals surface area (Å²) in [5.74, 6) is -1.42. The van der Waals surface area contributed by atoms with Gasteiger partial charge < -0.3 is 35.1 Å². The van der Waals surface area contributed by atoms with Crippen molar-refractivity contribution in [3.8, 4) is 6.07 Å². The average Bonchev–Trinajstić information content (AvgIpc) is 3.60. The van der Waals surface area contributed by atoms with Crippen LogP contribution in [0.1, 0.15) is 66.9 Å². The van der Waals surface area contributed by atoms with E-state index in [1.165, 1.54) is 0 Å². The highest BCUT2D eigenvalue weighted by Gasteiger charge is 2.34. The number of fused-ring (bicyclic) bond motifs is 2. The number of benzene rings is 2. The molecule has 1 saturated carbocycles.